The van der Waals surface area contributed by atoms with Gasteiger partial charge in [0.1, 0.15) is 6.61 Å². The number of rotatable bonds is 5. The van der Waals surface area contributed by atoms with Crippen LogP contribution in [0.4, 0.5) is 5.69 Å². The van der Waals surface area contributed by atoms with E-state index < -0.39 is 22.4 Å². The topological polar surface area (TPSA) is 83.5 Å². The van der Waals surface area contributed by atoms with E-state index in [1.165, 1.54) is 12.1 Å². The molecule has 0 aliphatic rings. The highest BCUT2D eigenvalue weighted by Crippen LogP contribution is 2.27. The van der Waals surface area contributed by atoms with Crippen LogP contribution in [0.15, 0.2) is 65.6 Å². The second-order valence-electron chi connectivity index (χ2n) is 5.74. The number of fused-ring (bicyclic) bond motifs is 1. The van der Waals surface area contributed by atoms with Crippen molar-refractivity contribution in [3.05, 3.63) is 71.8 Å². The van der Waals surface area contributed by atoms with E-state index in [-0.39, 0.29) is 16.1 Å². The first-order valence-corrected chi connectivity index (χ1v) is 9.15. The van der Waals surface area contributed by atoms with Gasteiger partial charge in [0.25, 0.3) is 10.0 Å². The summed E-state index contributed by atoms with van der Waals surface area (Å²) < 4.78 is 27.7. The number of sulfonamides is 1. The molecule has 2 N–H and O–H groups in total. The van der Waals surface area contributed by atoms with E-state index >= 15 is 0 Å². The zero-order valence-electron chi connectivity index (χ0n) is 13.6. The van der Waals surface area contributed by atoms with E-state index in [4.69, 9.17) is 0 Å². The number of aliphatic hydroxyl groups excluding tert-OH is 1. The van der Waals surface area contributed by atoms with Gasteiger partial charge in [-0.15, -0.1) is 0 Å². The van der Waals surface area contributed by atoms with Gasteiger partial charge in [-0.05, 0) is 42.0 Å². The molecule has 6 heteroatoms. The van der Waals surface area contributed by atoms with Crippen molar-refractivity contribution in [2.45, 2.75) is 11.8 Å². The predicted octanol–water partition coefficient (Wildman–Crippen LogP) is 3.12. The Morgan fingerprint density at radius 3 is 2.20 bits per heavy atom. The first kappa shape index (κ1) is 17.1. The molecule has 0 bridgehead atoms. The molecule has 3 aromatic carbocycles. The van der Waals surface area contributed by atoms with Crippen LogP contribution in [0.5, 0.6) is 0 Å². The number of hydrogen-bond acceptors (Lipinski definition) is 4. The Balaban J connectivity index is 2.10. The molecule has 0 radical (unpaired) electrons. The summed E-state index contributed by atoms with van der Waals surface area (Å²) in [5.41, 5.74) is 1.23. The van der Waals surface area contributed by atoms with Gasteiger partial charge in [-0.1, -0.05) is 42.0 Å². The molecule has 3 aromatic rings. The van der Waals surface area contributed by atoms with Gasteiger partial charge in [-0.25, -0.2) is 8.42 Å². The maximum atomic E-state index is 12.6. The first-order valence-electron chi connectivity index (χ1n) is 7.67. The van der Waals surface area contributed by atoms with Crippen LogP contribution in [0.3, 0.4) is 0 Å². The van der Waals surface area contributed by atoms with Crippen molar-refractivity contribution in [2.24, 2.45) is 0 Å². The summed E-state index contributed by atoms with van der Waals surface area (Å²) in [7, 11) is -3.85. The van der Waals surface area contributed by atoms with Crippen molar-refractivity contribution in [1.29, 1.82) is 0 Å². The van der Waals surface area contributed by atoms with Crippen LogP contribution in [-0.2, 0) is 10.0 Å². The number of carbonyl (C=O) groups excluding carboxylic acids is 1. The molecule has 0 heterocycles. The van der Waals surface area contributed by atoms with Crippen molar-refractivity contribution in [3.63, 3.8) is 0 Å². The summed E-state index contributed by atoms with van der Waals surface area (Å²) >= 11 is 0. The molecule has 0 saturated carbocycles. The summed E-state index contributed by atoms with van der Waals surface area (Å²) in [6.45, 7) is 1.17. The van der Waals surface area contributed by atoms with Crippen LogP contribution in [0, 0.1) is 6.92 Å². The van der Waals surface area contributed by atoms with Crippen molar-refractivity contribution in [1.82, 2.24) is 0 Å². The van der Waals surface area contributed by atoms with Gasteiger partial charge >= 0.3 is 0 Å². The SMILES string of the molecule is Cc1ccc(S(=O)(=O)Nc2cc3ccccc3cc2C(=O)CO)cc1. The Bertz CT molecular complexity index is 1040. The van der Waals surface area contributed by atoms with Crippen molar-refractivity contribution in [3.8, 4) is 0 Å². The van der Waals surface area contributed by atoms with Crippen molar-refractivity contribution < 1.29 is 18.3 Å². The number of ketones is 1. The lowest BCUT2D eigenvalue weighted by Gasteiger charge is -2.13. The monoisotopic (exact) mass is 355 g/mol. The Kier molecular flexibility index (Phi) is 4.57. The van der Waals surface area contributed by atoms with Gasteiger partial charge < -0.3 is 5.11 Å². The number of carbonyl (C=O) groups is 1. The molecule has 0 aliphatic heterocycles. The lowest BCUT2D eigenvalue weighted by Crippen LogP contribution is -2.16. The second kappa shape index (κ2) is 6.66. The molecule has 0 fully saturated rings. The van der Waals surface area contributed by atoms with Crippen molar-refractivity contribution >= 4 is 32.3 Å². The van der Waals surface area contributed by atoms with E-state index in [0.717, 1.165) is 16.3 Å². The number of anilines is 1. The zero-order chi connectivity index (χ0) is 18.0. The summed E-state index contributed by atoms with van der Waals surface area (Å²) in [4.78, 5) is 12.2. The standard InChI is InChI=1S/C19H17NO4S/c1-13-6-8-16(9-7-13)25(23,24)20-18-11-15-5-3-2-4-14(15)10-17(18)19(22)12-21/h2-11,20-21H,12H2,1H3. The molecule has 0 aromatic heterocycles. The molecular formula is C19H17NO4S. The Labute approximate surface area is 146 Å². The zero-order valence-corrected chi connectivity index (χ0v) is 14.4. The Hall–Kier alpha value is -2.70. The van der Waals surface area contributed by atoms with E-state index in [1.807, 2.05) is 31.2 Å². The van der Waals surface area contributed by atoms with Gasteiger partial charge in [0.05, 0.1) is 10.6 Å². The smallest absolute Gasteiger partial charge is 0.261 e. The van der Waals surface area contributed by atoms with Gasteiger partial charge in [0.2, 0.25) is 0 Å². The molecule has 0 saturated heterocycles. The normalized spacial score (nSPS) is 11.4. The van der Waals surface area contributed by atoms with Gasteiger partial charge in [-0.2, -0.15) is 0 Å². The van der Waals surface area contributed by atoms with Crippen LogP contribution >= 0.6 is 0 Å². The first-order chi connectivity index (χ1) is 11.9. The fourth-order valence-electron chi connectivity index (χ4n) is 2.56. The molecule has 0 atom stereocenters. The molecule has 0 unspecified atom stereocenters. The summed E-state index contributed by atoms with van der Waals surface area (Å²) in [6.07, 6.45) is 0. The molecule has 25 heavy (non-hydrogen) atoms. The number of benzene rings is 3. The number of hydrogen-bond donors (Lipinski definition) is 2. The predicted molar refractivity (Wildman–Crippen MR) is 97.4 cm³/mol. The molecule has 0 spiro atoms. The number of aliphatic hydroxyl groups is 1. The van der Waals surface area contributed by atoms with E-state index in [0.29, 0.717) is 0 Å². The van der Waals surface area contributed by atoms with Crippen molar-refractivity contribution in [2.75, 3.05) is 11.3 Å². The third-order valence-electron chi connectivity index (χ3n) is 3.91. The third-order valence-corrected chi connectivity index (χ3v) is 5.29. The Morgan fingerprint density at radius 2 is 1.60 bits per heavy atom. The highest BCUT2D eigenvalue weighted by atomic mass is 32.2. The third kappa shape index (κ3) is 3.55. The number of Topliss-reactive ketones (excluding diaryl/α,β-unsaturated/α-hetero) is 1. The van der Waals surface area contributed by atoms with Gasteiger partial charge in [0.15, 0.2) is 5.78 Å². The minimum absolute atomic E-state index is 0.105. The van der Waals surface area contributed by atoms with Crippen LogP contribution in [-0.4, -0.2) is 25.9 Å². The van der Waals surface area contributed by atoms with Crippen LogP contribution in [0.2, 0.25) is 0 Å². The van der Waals surface area contributed by atoms with E-state index in [2.05, 4.69) is 4.72 Å². The summed E-state index contributed by atoms with van der Waals surface area (Å²) in [6, 6.07) is 16.9. The molecule has 5 nitrogen and oxygen atoms in total. The fourth-order valence-corrected chi connectivity index (χ4v) is 3.63. The number of aryl methyl sites for hydroxylation is 1. The fraction of sp³-hybridized carbons (Fsp3) is 0.105. The number of nitrogens with one attached hydrogen (secondary N) is 1. The highest BCUT2D eigenvalue weighted by molar-refractivity contribution is 7.92. The minimum Gasteiger partial charge on any atom is -0.388 e. The van der Waals surface area contributed by atoms with E-state index in [1.54, 1.807) is 24.3 Å². The summed E-state index contributed by atoms with van der Waals surface area (Å²) in [5.74, 6) is -0.549. The highest BCUT2D eigenvalue weighted by Gasteiger charge is 2.19. The van der Waals surface area contributed by atoms with E-state index in [9.17, 15) is 18.3 Å². The van der Waals surface area contributed by atoms with Gasteiger partial charge in [-0.3, -0.25) is 9.52 Å². The summed E-state index contributed by atoms with van der Waals surface area (Å²) in [5, 5.41) is 10.8. The molecule has 128 valence electrons. The average Bonchev–Trinajstić information content (AvgIpc) is 2.60. The molecule has 3 rings (SSSR count). The molecule has 0 aliphatic carbocycles. The maximum absolute atomic E-state index is 12.6. The van der Waals surface area contributed by atoms with Gasteiger partial charge in [0, 0.05) is 5.56 Å². The lowest BCUT2D eigenvalue weighted by molar-refractivity contribution is 0.0905. The second-order valence-corrected chi connectivity index (χ2v) is 7.43. The van der Waals surface area contributed by atoms with Crippen LogP contribution < -0.4 is 4.72 Å². The van der Waals surface area contributed by atoms with Crippen LogP contribution in [0.1, 0.15) is 15.9 Å². The van der Waals surface area contributed by atoms with Crippen LogP contribution in [0.25, 0.3) is 10.8 Å². The Morgan fingerprint density at radius 1 is 1.00 bits per heavy atom. The molecular weight excluding hydrogens is 338 g/mol. The minimum atomic E-state index is -3.85. The molecule has 0 amide bonds. The lowest BCUT2D eigenvalue weighted by atomic mass is 10.0. The maximum Gasteiger partial charge on any atom is 0.261 e. The largest absolute Gasteiger partial charge is 0.388 e. The average molecular weight is 355 g/mol. The quantitative estimate of drug-likeness (QED) is 0.689.